The van der Waals surface area contributed by atoms with Crippen LogP contribution in [-0.2, 0) is 0 Å². The Morgan fingerprint density at radius 1 is 1.55 bits per heavy atom. The monoisotopic (exact) mass is 151 g/mol. The second-order valence-electron chi connectivity index (χ2n) is 3.09. The predicted octanol–water partition coefficient (Wildman–Crippen LogP) is 0.316. The molecule has 0 radical (unpaired) electrons. The maximum absolute atomic E-state index is 4.11. The van der Waals surface area contributed by atoms with Gasteiger partial charge in [0, 0.05) is 0 Å². The highest BCUT2D eigenvalue weighted by molar-refractivity contribution is 5.74. The van der Waals surface area contributed by atoms with E-state index in [9.17, 15) is 0 Å². The summed E-state index contributed by atoms with van der Waals surface area (Å²) in [5, 5.41) is 14.8. The largest absolute Gasteiger partial charge is 0.343 e. The highest BCUT2D eigenvalue weighted by Crippen LogP contribution is 2.14. The van der Waals surface area contributed by atoms with Crippen molar-refractivity contribution in [2.75, 3.05) is 5.32 Å². The molecule has 58 valence electrons. The molecule has 5 heteroatoms. The van der Waals surface area contributed by atoms with Gasteiger partial charge in [-0.15, -0.1) is 10.2 Å². The number of hydrogen-bond donors (Lipinski definition) is 1. The van der Waals surface area contributed by atoms with Gasteiger partial charge in [0.15, 0.2) is 0 Å². The zero-order valence-electron chi connectivity index (χ0n) is 6.44. The Kier molecular flexibility index (Phi) is 1.04. The van der Waals surface area contributed by atoms with E-state index < -0.39 is 0 Å². The molecule has 0 saturated carbocycles. The molecule has 0 spiro atoms. The first-order valence-electron chi connectivity index (χ1n) is 3.41. The van der Waals surface area contributed by atoms with E-state index in [4.69, 9.17) is 0 Å². The van der Waals surface area contributed by atoms with Gasteiger partial charge in [0.25, 0.3) is 0 Å². The van der Waals surface area contributed by atoms with Crippen molar-refractivity contribution in [3.05, 3.63) is 6.33 Å². The lowest BCUT2D eigenvalue weighted by atomic mass is 10.1. The Labute approximate surface area is 64.1 Å². The number of aromatic nitrogens is 3. The summed E-state index contributed by atoms with van der Waals surface area (Å²) in [5.41, 5.74) is -0.122. The van der Waals surface area contributed by atoms with Gasteiger partial charge in [-0.1, -0.05) is 0 Å². The summed E-state index contributed by atoms with van der Waals surface area (Å²) in [6.07, 6.45) is 3.39. The summed E-state index contributed by atoms with van der Waals surface area (Å²) >= 11 is 0. The van der Waals surface area contributed by atoms with Crippen LogP contribution in [0.1, 0.15) is 13.8 Å². The van der Waals surface area contributed by atoms with Crippen molar-refractivity contribution < 1.29 is 0 Å². The molecule has 2 rings (SSSR count). The van der Waals surface area contributed by atoms with Gasteiger partial charge in [0.1, 0.15) is 6.33 Å². The van der Waals surface area contributed by atoms with Gasteiger partial charge < -0.3 is 5.32 Å². The number of fused-ring (bicyclic) bond motifs is 1. The SMILES string of the molecule is CC1(C)C=Nn2cnnc2N1. The number of nitrogens with one attached hydrogen (secondary N) is 1. The molecule has 0 atom stereocenters. The number of nitrogens with zero attached hydrogens (tertiary/aromatic N) is 4. The van der Waals surface area contributed by atoms with Gasteiger partial charge in [0.05, 0.1) is 11.8 Å². The van der Waals surface area contributed by atoms with Crippen molar-refractivity contribution in [3.8, 4) is 0 Å². The first-order chi connectivity index (χ1) is 5.17. The van der Waals surface area contributed by atoms with Crippen LogP contribution in [0.25, 0.3) is 0 Å². The summed E-state index contributed by atoms with van der Waals surface area (Å²) in [7, 11) is 0. The molecule has 11 heavy (non-hydrogen) atoms. The Balaban J connectivity index is 2.44. The van der Waals surface area contributed by atoms with Crippen molar-refractivity contribution in [2.45, 2.75) is 19.4 Å². The van der Waals surface area contributed by atoms with E-state index in [1.54, 1.807) is 11.0 Å². The molecular formula is C6H9N5. The first-order valence-corrected chi connectivity index (χ1v) is 3.41. The van der Waals surface area contributed by atoms with Crippen LogP contribution < -0.4 is 5.32 Å². The normalized spacial score (nSPS) is 19.1. The summed E-state index contributed by atoms with van der Waals surface area (Å²) in [5.74, 6) is 0.692. The molecule has 0 fully saturated rings. The van der Waals surface area contributed by atoms with Crippen LogP contribution in [0.4, 0.5) is 5.95 Å². The Bertz CT molecular complexity index is 298. The van der Waals surface area contributed by atoms with Crippen LogP contribution in [0.3, 0.4) is 0 Å². The minimum absolute atomic E-state index is 0.122. The molecule has 0 saturated heterocycles. The van der Waals surface area contributed by atoms with Crippen LogP contribution in [0.15, 0.2) is 11.4 Å². The second-order valence-corrected chi connectivity index (χ2v) is 3.09. The zero-order valence-corrected chi connectivity index (χ0v) is 6.44. The fourth-order valence-electron chi connectivity index (χ4n) is 0.924. The fourth-order valence-corrected chi connectivity index (χ4v) is 0.924. The topological polar surface area (TPSA) is 55.1 Å². The summed E-state index contributed by atoms with van der Waals surface area (Å²) in [6, 6.07) is 0. The van der Waals surface area contributed by atoms with E-state index in [1.807, 2.05) is 20.1 Å². The fraction of sp³-hybridized carbons (Fsp3) is 0.500. The van der Waals surface area contributed by atoms with E-state index in [-0.39, 0.29) is 5.54 Å². The minimum atomic E-state index is -0.122. The molecule has 2 heterocycles. The quantitative estimate of drug-likeness (QED) is 0.580. The molecule has 0 unspecified atom stereocenters. The average molecular weight is 151 g/mol. The highest BCUT2D eigenvalue weighted by atomic mass is 15.5. The van der Waals surface area contributed by atoms with Crippen molar-refractivity contribution in [2.24, 2.45) is 5.10 Å². The Morgan fingerprint density at radius 2 is 2.36 bits per heavy atom. The molecule has 1 aliphatic heterocycles. The van der Waals surface area contributed by atoms with E-state index in [0.29, 0.717) is 5.95 Å². The number of anilines is 1. The maximum atomic E-state index is 4.11. The van der Waals surface area contributed by atoms with E-state index in [1.165, 1.54) is 0 Å². The molecule has 0 aliphatic carbocycles. The third-order valence-electron chi connectivity index (χ3n) is 1.47. The summed E-state index contributed by atoms with van der Waals surface area (Å²) in [6.45, 7) is 4.04. The van der Waals surface area contributed by atoms with Crippen molar-refractivity contribution in [3.63, 3.8) is 0 Å². The van der Waals surface area contributed by atoms with Crippen LogP contribution in [0.2, 0.25) is 0 Å². The maximum Gasteiger partial charge on any atom is 0.246 e. The zero-order chi connectivity index (χ0) is 7.90. The van der Waals surface area contributed by atoms with Crippen molar-refractivity contribution in [1.82, 2.24) is 14.9 Å². The molecule has 0 aromatic carbocycles. The van der Waals surface area contributed by atoms with Gasteiger partial charge in [-0.05, 0) is 13.8 Å². The van der Waals surface area contributed by atoms with Crippen molar-refractivity contribution in [1.29, 1.82) is 0 Å². The Morgan fingerprint density at radius 3 is 3.18 bits per heavy atom. The van der Waals surface area contributed by atoms with Crippen molar-refractivity contribution >= 4 is 12.2 Å². The Hall–Kier alpha value is -1.39. The lowest BCUT2D eigenvalue weighted by Crippen LogP contribution is -2.36. The van der Waals surface area contributed by atoms with Crippen LogP contribution in [0, 0.1) is 0 Å². The van der Waals surface area contributed by atoms with Gasteiger partial charge >= 0.3 is 0 Å². The van der Waals surface area contributed by atoms with Gasteiger partial charge in [-0.25, -0.2) is 0 Å². The number of rotatable bonds is 0. The average Bonchev–Trinajstić information content (AvgIpc) is 2.31. The third-order valence-corrected chi connectivity index (χ3v) is 1.47. The third kappa shape index (κ3) is 0.978. The molecule has 1 aromatic rings. The molecule has 1 aromatic heterocycles. The summed E-state index contributed by atoms with van der Waals surface area (Å²) in [4.78, 5) is 0. The number of hydrogen-bond acceptors (Lipinski definition) is 4. The summed E-state index contributed by atoms with van der Waals surface area (Å²) < 4.78 is 1.60. The standard InChI is InChI=1S/C6H9N5/c1-6(2)3-8-11-4-7-10-5(11)9-6/h3-4H,1-2H3,(H,9,10). The van der Waals surface area contributed by atoms with Crippen LogP contribution >= 0.6 is 0 Å². The molecular weight excluding hydrogens is 142 g/mol. The van der Waals surface area contributed by atoms with E-state index >= 15 is 0 Å². The molecule has 0 bridgehead atoms. The molecule has 1 aliphatic rings. The van der Waals surface area contributed by atoms with Crippen LogP contribution in [-0.4, -0.2) is 26.6 Å². The van der Waals surface area contributed by atoms with E-state index in [0.717, 1.165) is 0 Å². The van der Waals surface area contributed by atoms with Gasteiger partial charge in [-0.3, -0.25) is 0 Å². The molecule has 1 N–H and O–H groups in total. The minimum Gasteiger partial charge on any atom is -0.343 e. The van der Waals surface area contributed by atoms with Gasteiger partial charge in [-0.2, -0.15) is 9.78 Å². The second kappa shape index (κ2) is 1.81. The molecule has 0 amide bonds. The predicted molar refractivity (Wildman–Crippen MR) is 41.6 cm³/mol. The highest BCUT2D eigenvalue weighted by Gasteiger charge is 2.21. The van der Waals surface area contributed by atoms with E-state index in [2.05, 4.69) is 20.6 Å². The molecule has 5 nitrogen and oxygen atoms in total. The smallest absolute Gasteiger partial charge is 0.246 e. The first kappa shape index (κ1) is 6.33. The van der Waals surface area contributed by atoms with Crippen LogP contribution in [0.5, 0.6) is 0 Å². The lowest BCUT2D eigenvalue weighted by Gasteiger charge is -2.24. The lowest BCUT2D eigenvalue weighted by molar-refractivity contribution is 0.700. The van der Waals surface area contributed by atoms with Gasteiger partial charge in [0.2, 0.25) is 5.95 Å².